The van der Waals surface area contributed by atoms with Crippen LogP contribution < -0.4 is 20.5 Å². The summed E-state index contributed by atoms with van der Waals surface area (Å²) in [4.78, 5) is 24.9. The van der Waals surface area contributed by atoms with Gasteiger partial charge in [-0.3, -0.25) is 9.59 Å². The standard InChI is InChI=1S/C13H15N3O4/c14-8-4-10-11(20-7-19-10)5-9(8)15-12(17)6-16-3-1-2-13(16)18/h4-5H,1-3,6-7,14H2,(H,15,17). The largest absolute Gasteiger partial charge is 0.454 e. The predicted molar refractivity (Wildman–Crippen MR) is 71.4 cm³/mol. The zero-order chi connectivity index (χ0) is 14.1. The number of nitrogen functional groups attached to an aromatic ring is 1. The number of amides is 2. The van der Waals surface area contributed by atoms with E-state index in [9.17, 15) is 9.59 Å². The normalized spacial score (nSPS) is 16.6. The van der Waals surface area contributed by atoms with Gasteiger partial charge in [-0.15, -0.1) is 0 Å². The molecule has 0 spiro atoms. The number of anilines is 2. The topological polar surface area (TPSA) is 93.9 Å². The number of ether oxygens (including phenoxy) is 2. The Kier molecular flexibility index (Phi) is 3.09. The van der Waals surface area contributed by atoms with Crippen molar-refractivity contribution < 1.29 is 19.1 Å². The van der Waals surface area contributed by atoms with Gasteiger partial charge in [0.2, 0.25) is 18.6 Å². The molecule has 0 aromatic heterocycles. The van der Waals surface area contributed by atoms with Crippen molar-refractivity contribution in [2.24, 2.45) is 0 Å². The number of nitrogens with two attached hydrogens (primary N) is 1. The van der Waals surface area contributed by atoms with Crippen LogP contribution in [0.5, 0.6) is 11.5 Å². The molecule has 20 heavy (non-hydrogen) atoms. The molecule has 1 aromatic rings. The van der Waals surface area contributed by atoms with Crippen molar-refractivity contribution in [3.05, 3.63) is 12.1 Å². The van der Waals surface area contributed by atoms with Crippen LogP contribution in [0.1, 0.15) is 12.8 Å². The summed E-state index contributed by atoms with van der Waals surface area (Å²) >= 11 is 0. The van der Waals surface area contributed by atoms with E-state index < -0.39 is 0 Å². The first-order valence-electron chi connectivity index (χ1n) is 6.40. The van der Waals surface area contributed by atoms with E-state index in [0.29, 0.717) is 35.8 Å². The first kappa shape index (κ1) is 12.6. The molecule has 0 radical (unpaired) electrons. The number of rotatable bonds is 3. The van der Waals surface area contributed by atoms with E-state index >= 15 is 0 Å². The number of fused-ring (bicyclic) bond motifs is 1. The maximum Gasteiger partial charge on any atom is 0.244 e. The molecule has 2 amide bonds. The van der Waals surface area contributed by atoms with Crippen LogP contribution in [0, 0.1) is 0 Å². The minimum Gasteiger partial charge on any atom is -0.454 e. The second-order valence-corrected chi connectivity index (χ2v) is 4.76. The van der Waals surface area contributed by atoms with Crippen LogP contribution in [0.2, 0.25) is 0 Å². The van der Waals surface area contributed by atoms with E-state index in [1.807, 2.05) is 0 Å². The summed E-state index contributed by atoms with van der Waals surface area (Å²) in [5, 5.41) is 2.69. The highest BCUT2D eigenvalue weighted by atomic mass is 16.7. The van der Waals surface area contributed by atoms with Gasteiger partial charge in [0.15, 0.2) is 11.5 Å². The summed E-state index contributed by atoms with van der Waals surface area (Å²) < 4.78 is 10.4. The molecule has 2 heterocycles. The molecule has 0 bridgehead atoms. The SMILES string of the molecule is Nc1cc2c(cc1NC(=O)CN1CCCC1=O)OCO2. The van der Waals surface area contributed by atoms with Crippen molar-refractivity contribution in [2.45, 2.75) is 12.8 Å². The van der Waals surface area contributed by atoms with E-state index in [0.717, 1.165) is 6.42 Å². The van der Waals surface area contributed by atoms with Crippen LogP contribution in [-0.4, -0.2) is 36.6 Å². The number of carbonyl (C=O) groups excluding carboxylic acids is 2. The molecule has 1 fully saturated rings. The smallest absolute Gasteiger partial charge is 0.244 e. The Bertz CT molecular complexity index is 573. The van der Waals surface area contributed by atoms with Crippen LogP contribution in [0.15, 0.2) is 12.1 Å². The lowest BCUT2D eigenvalue weighted by Gasteiger charge is -2.15. The van der Waals surface area contributed by atoms with Crippen LogP contribution in [0.4, 0.5) is 11.4 Å². The van der Waals surface area contributed by atoms with E-state index in [-0.39, 0.29) is 25.2 Å². The highest BCUT2D eigenvalue weighted by Crippen LogP contribution is 2.38. The summed E-state index contributed by atoms with van der Waals surface area (Å²) in [6.07, 6.45) is 1.32. The molecule has 2 aliphatic rings. The van der Waals surface area contributed by atoms with Crippen molar-refractivity contribution in [3.63, 3.8) is 0 Å². The van der Waals surface area contributed by atoms with Crippen molar-refractivity contribution >= 4 is 23.2 Å². The molecule has 106 valence electrons. The fourth-order valence-electron chi connectivity index (χ4n) is 2.30. The van der Waals surface area contributed by atoms with Crippen LogP contribution in [-0.2, 0) is 9.59 Å². The molecule has 1 saturated heterocycles. The van der Waals surface area contributed by atoms with Crippen molar-refractivity contribution in [3.8, 4) is 11.5 Å². The first-order valence-corrected chi connectivity index (χ1v) is 6.40. The number of hydrogen-bond acceptors (Lipinski definition) is 5. The molecular formula is C13H15N3O4. The van der Waals surface area contributed by atoms with Crippen LogP contribution in [0.25, 0.3) is 0 Å². The van der Waals surface area contributed by atoms with Gasteiger partial charge in [0.1, 0.15) is 0 Å². The molecule has 7 heteroatoms. The van der Waals surface area contributed by atoms with Crippen molar-refractivity contribution in [2.75, 3.05) is 30.9 Å². The van der Waals surface area contributed by atoms with E-state index in [2.05, 4.69) is 5.32 Å². The fourth-order valence-corrected chi connectivity index (χ4v) is 2.30. The molecule has 0 aliphatic carbocycles. The third kappa shape index (κ3) is 2.34. The zero-order valence-electron chi connectivity index (χ0n) is 10.8. The summed E-state index contributed by atoms with van der Waals surface area (Å²) in [7, 11) is 0. The molecule has 7 nitrogen and oxygen atoms in total. The lowest BCUT2D eigenvalue weighted by molar-refractivity contribution is -0.131. The quantitative estimate of drug-likeness (QED) is 0.787. The molecule has 0 unspecified atom stereocenters. The Hall–Kier alpha value is -2.44. The average Bonchev–Trinajstić information content (AvgIpc) is 2.99. The number of benzene rings is 1. The predicted octanol–water partition coefficient (Wildman–Crippen LogP) is 0.558. The lowest BCUT2D eigenvalue weighted by atomic mass is 10.2. The number of likely N-dealkylation sites (tertiary alicyclic amines) is 1. The van der Waals surface area contributed by atoms with Gasteiger partial charge in [0.05, 0.1) is 17.9 Å². The van der Waals surface area contributed by atoms with Gasteiger partial charge >= 0.3 is 0 Å². The first-order chi connectivity index (χ1) is 9.63. The second kappa shape index (κ2) is 4.92. The Balaban J connectivity index is 1.68. The Morgan fingerprint density at radius 3 is 2.80 bits per heavy atom. The van der Waals surface area contributed by atoms with Gasteiger partial charge in [0.25, 0.3) is 0 Å². The summed E-state index contributed by atoms with van der Waals surface area (Å²) in [5.74, 6) is 0.853. The molecule has 1 aromatic carbocycles. The third-order valence-electron chi connectivity index (χ3n) is 3.32. The Morgan fingerprint density at radius 1 is 1.35 bits per heavy atom. The molecule has 0 saturated carbocycles. The van der Waals surface area contributed by atoms with Gasteiger partial charge in [0, 0.05) is 25.1 Å². The van der Waals surface area contributed by atoms with Crippen molar-refractivity contribution in [1.82, 2.24) is 4.90 Å². The van der Waals surface area contributed by atoms with Crippen molar-refractivity contribution in [1.29, 1.82) is 0 Å². The average molecular weight is 277 g/mol. The molecular weight excluding hydrogens is 262 g/mol. The van der Waals surface area contributed by atoms with Gasteiger partial charge in [-0.25, -0.2) is 0 Å². The lowest BCUT2D eigenvalue weighted by Crippen LogP contribution is -2.34. The summed E-state index contributed by atoms with van der Waals surface area (Å²) in [6.45, 7) is 0.823. The minimum absolute atomic E-state index is 0.0128. The Labute approximate surface area is 115 Å². The second-order valence-electron chi connectivity index (χ2n) is 4.76. The highest BCUT2D eigenvalue weighted by Gasteiger charge is 2.23. The zero-order valence-corrected chi connectivity index (χ0v) is 10.8. The number of nitrogens with one attached hydrogen (secondary N) is 1. The van der Waals surface area contributed by atoms with Crippen LogP contribution >= 0.6 is 0 Å². The summed E-state index contributed by atoms with van der Waals surface area (Å²) in [5.41, 5.74) is 6.71. The number of nitrogens with zero attached hydrogens (tertiary/aromatic N) is 1. The monoisotopic (exact) mass is 277 g/mol. The fraction of sp³-hybridized carbons (Fsp3) is 0.385. The van der Waals surface area contributed by atoms with Crippen LogP contribution in [0.3, 0.4) is 0 Å². The van der Waals surface area contributed by atoms with Gasteiger partial charge < -0.3 is 25.4 Å². The van der Waals surface area contributed by atoms with E-state index in [4.69, 9.17) is 15.2 Å². The Morgan fingerprint density at radius 2 is 2.10 bits per heavy atom. The number of carbonyl (C=O) groups is 2. The summed E-state index contributed by atoms with van der Waals surface area (Å²) in [6, 6.07) is 3.24. The van der Waals surface area contributed by atoms with E-state index in [1.54, 1.807) is 17.0 Å². The number of hydrogen-bond donors (Lipinski definition) is 2. The minimum atomic E-state index is -0.272. The van der Waals surface area contributed by atoms with Gasteiger partial charge in [-0.1, -0.05) is 0 Å². The molecule has 3 rings (SSSR count). The molecule has 0 atom stereocenters. The molecule has 3 N–H and O–H groups in total. The maximum absolute atomic E-state index is 11.9. The van der Waals surface area contributed by atoms with Gasteiger partial charge in [-0.2, -0.15) is 0 Å². The highest BCUT2D eigenvalue weighted by molar-refractivity contribution is 5.97. The third-order valence-corrected chi connectivity index (χ3v) is 3.32. The maximum atomic E-state index is 11.9. The van der Waals surface area contributed by atoms with E-state index in [1.165, 1.54) is 0 Å². The molecule has 2 aliphatic heterocycles. The van der Waals surface area contributed by atoms with Gasteiger partial charge in [-0.05, 0) is 6.42 Å².